The highest BCUT2D eigenvalue weighted by Gasteiger charge is 2.09. The van der Waals surface area contributed by atoms with Crippen LogP contribution in [-0.4, -0.2) is 4.92 Å². The fourth-order valence-corrected chi connectivity index (χ4v) is 2.29. The molecule has 1 aromatic heterocycles. The molecule has 0 amide bonds. The van der Waals surface area contributed by atoms with Crippen LogP contribution >= 0.6 is 12.2 Å². The van der Waals surface area contributed by atoms with Gasteiger partial charge in [-0.1, -0.05) is 36.5 Å². The Morgan fingerprint density at radius 2 is 1.85 bits per heavy atom. The maximum Gasteiger partial charge on any atom is 0.270 e. The third kappa shape index (κ3) is 2.19. The van der Waals surface area contributed by atoms with Gasteiger partial charge in [-0.2, -0.15) is 0 Å². The molecule has 0 unspecified atom stereocenters. The Morgan fingerprint density at radius 1 is 1.05 bits per heavy atom. The van der Waals surface area contributed by atoms with Crippen molar-refractivity contribution in [3.63, 3.8) is 0 Å². The number of nitro benzene ring substituents is 1. The average Bonchev–Trinajstić information content (AvgIpc) is 2.47. The summed E-state index contributed by atoms with van der Waals surface area (Å²) in [5.74, 6) is 0.525. The van der Waals surface area contributed by atoms with Crippen LogP contribution in [0.2, 0.25) is 0 Å². The summed E-state index contributed by atoms with van der Waals surface area (Å²) in [5.41, 5.74) is 1.33. The van der Waals surface area contributed by atoms with Gasteiger partial charge in [0, 0.05) is 29.1 Å². The molecule has 3 aromatic rings. The standard InChI is InChI=1S/C15H9NO3S/c17-16(18)11-5-3-4-10(8-11)14-9-15(20)12-6-1-2-7-13(12)19-14/h1-9H. The van der Waals surface area contributed by atoms with Crippen LogP contribution in [0.5, 0.6) is 0 Å². The lowest BCUT2D eigenvalue weighted by Gasteiger charge is -2.03. The summed E-state index contributed by atoms with van der Waals surface area (Å²) in [6.45, 7) is 0. The van der Waals surface area contributed by atoms with Gasteiger partial charge in [0.15, 0.2) is 0 Å². The van der Waals surface area contributed by atoms with E-state index in [2.05, 4.69) is 0 Å². The third-order valence-corrected chi connectivity index (χ3v) is 3.31. The molecule has 0 aliphatic carbocycles. The summed E-state index contributed by atoms with van der Waals surface area (Å²) in [5, 5.41) is 11.7. The van der Waals surface area contributed by atoms with Crippen molar-refractivity contribution >= 4 is 28.9 Å². The van der Waals surface area contributed by atoms with Crippen LogP contribution in [0.15, 0.2) is 59.0 Å². The second-order valence-electron chi connectivity index (χ2n) is 4.28. The topological polar surface area (TPSA) is 56.3 Å². The summed E-state index contributed by atoms with van der Waals surface area (Å²) >= 11 is 5.33. The first-order chi connectivity index (χ1) is 9.65. The molecular weight excluding hydrogens is 274 g/mol. The van der Waals surface area contributed by atoms with E-state index in [0.29, 0.717) is 21.4 Å². The Kier molecular flexibility index (Phi) is 3.04. The zero-order chi connectivity index (χ0) is 14.1. The largest absolute Gasteiger partial charge is 0.456 e. The molecule has 0 saturated heterocycles. The van der Waals surface area contributed by atoms with Gasteiger partial charge in [-0.05, 0) is 12.1 Å². The Labute approximate surface area is 119 Å². The minimum absolute atomic E-state index is 0.0248. The predicted octanol–water partition coefficient (Wildman–Crippen LogP) is 4.74. The summed E-state index contributed by atoms with van der Waals surface area (Å²) in [6.07, 6.45) is 0. The Balaban J connectivity index is 2.22. The quantitative estimate of drug-likeness (QED) is 0.387. The lowest BCUT2D eigenvalue weighted by atomic mass is 10.1. The van der Waals surface area contributed by atoms with E-state index in [1.807, 2.05) is 24.3 Å². The molecule has 2 aromatic carbocycles. The van der Waals surface area contributed by atoms with E-state index in [1.165, 1.54) is 12.1 Å². The van der Waals surface area contributed by atoms with Crippen molar-refractivity contribution in [1.82, 2.24) is 0 Å². The SMILES string of the molecule is O=[N+]([O-])c1cccc(-c2cc(=S)c3ccccc3o2)c1. The van der Waals surface area contributed by atoms with Gasteiger partial charge < -0.3 is 4.42 Å². The molecule has 98 valence electrons. The molecule has 3 rings (SSSR count). The molecule has 20 heavy (non-hydrogen) atoms. The van der Waals surface area contributed by atoms with Crippen LogP contribution in [0, 0.1) is 14.6 Å². The number of benzene rings is 2. The number of para-hydroxylation sites is 1. The second-order valence-corrected chi connectivity index (χ2v) is 4.72. The summed E-state index contributed by atoms with van der Waals surface area (Å²) in [7, 11) is 0. The van der Waals surface area contributed by atoms with Crippen molar-refractivity contribution in [2.75, 3.05) is 0 Å². The van der Waals surface area contributed by atoms with Crippen LogP contribution in [0.1, 0.15) is 0 Å². The van der Waals surface area contributed by atoms with E-state index in [9.17, 15) is 10.1 Å². The van der Waals surface area contributed by atoms with E-state index in [1.54, 1.807) is 18.2 Å². The molecule has 0 atom stereocenters. The van der Waals surface area contributed by atoms with Crippen molar-refractivity contribution in [1.29, 1.82) is 0 Å². The first kappa shape index (κ1) is 12.5. The van der Waals surface area contributed by atoms with Crippen LogP contribution < -0.4 is 0 Å². The minimum atomic E-state index is -0.431. The van der Waals surface area contributed by atoms with Crippen LogP contribution in [0.25, 0.3) is 22.3 Å². The lowest BCUT2D eigenvalue weighted by Crippen LogP contribution is -1.88. The number of nitro groups is 1. The predicted molar refractivity (Wildman–Crippen MR) is 79.1 cm³/mol. The van der Waals surface area contributed by atoms with Crippen LogP contribution in [0.3, 0.4) is 0 Å². The molecule has 0 spiro atoms. The number of hydrogen-bond acceptors (Lipinski definition) is 4. The molecule has 0 aliphatic rings. The summed E-state index contributed by atoms with van der Waals surface area (Å²) < 4.78 is 6.43. The van der Waals surface area contributed by atoms with Crippen molar-refractivity contribution in [2.24, 2.45) is 0 Å². The summed E-state index contributed by atoms with van der Waals surface area (Å²) in [4.78, 5) is 10.4. The van der Waals surface area contributed by atoms with E-state index >= 15 is 0 Å². The van der Waals surface area contributed by atoms with E-state index < -0.39 is 4.92 Å². The highest BCUT2D eigenvalue weighted by molar-refractivity contribution is 7.71. The first-order valence-corrected chi connectivity index (χ1v) is 6.34. The van der Waals surface area contributed by atoms with Gasteiger partial charge in [-0.15, -0.1) is 0 Å². The fraction of sp³-hybridized carbons (Fsp3) is 0. The number of rotatable bonds is 2. The van der Waals surface area contributed by atoms with Crippen molar-refractivity contribution < 1.29 is 9.34 Å². The fourth-order valence-electron chi connectivity index (χ4n) is 2.02. The van der Waals surface area contributed by atoms with Crippen molar-refractivity contribution in [2.45, 2.75) is 0 Å². The van der Waals surface area contributed by atoms with Gasteiger partial charge in [0.2, 0.25) is 0 Å². The zero-order valence-electron chi connectivity index (χ0n) is 10.3. The van der Waals surface area contributed by atoms with Crippen molar-refractivity contribution in [3.05, 3.63) is 69.2 Å². The minimum Gasteiger partial charge on any atom is -0.456 e. The Hall–Kier alpha value is -2.53. The molecule has 0 bridgehead atoms. The molecule has 0 fully saturated rings. The Morgan fingerprint density at radius 3 is 2.65 bits per heavy atom. The molecule has 4 nitrogen and oxygen atoms in total. The molecule has 0 saturated carbocycles. The smallest absolute Gasteiger partial charge is 0.270 e. The number of non-ortho nitro benzene ring substituents is 1. The van der Waals surface area contributed by atoms with Crippen molar-refractivity contribution in [3.8, 4) is 11.3 Å². The first-order valence-electron chi connectivity index (χ1n) is 5.93. The molecule has 0 aliphatic heterocycles. The maximum atomic E-state index is 10.8. The zero-order valence-corrected chi connectivity index (χ0v) is 11.1. The number of fused-ring (bicyclic) bond motifs is 1. The van der Waals surface area contributed by atoms with E-state index in [4.69, 9.17) is 16.6 Å². The van der Waals surface area contributed by atoms with Crippen LogP contribution in [0.4, 0.5) is 5.69 Å². The normalized spacial score (nSPS) is 10.6. The van der Waals surface area contributed by atoms with E-state index in [0.717, 1.165) is 5.39 Å². The average molecular weight is 283 g/mol. The van der Waals surface area contributed by atoms with Crippen LogP contribution in [-0.2, 0) is 0 Å². The highest BCUT2D eigenvalue weighted by atomic mass is 32.1. The molecule has 5 heteroatoms. The second kappa shape index (κ2) is 4.86. The number of hydrogen-bond donors (Lipinski definition) is 0. The van der Waals surface area contributed by atoms with Gasteiger partial charge in [-0.25, -0.2) is 0 Å². The maximum absolute atomic E-state index is 10.8. The van der Waals surface area contributed by atoms with Gasteiger partial charge in [0.25, 0.3) is 5.69 Å². The molecule has 1 heterocycles. The van der Waals surface area contributed by atoms with E-state index in [-0.39, 0.29) is 5.69 Å². The lowest BCUT2D eigenvalue weighted by molar-refractivity contribution is -0.384. The summed E-state index contributed by atoms with van der Waals surface area (Å²) in [6, 6.07) is 15.5. The van der Waals surface area contributed by atoms with Gasteiger partial charge in [0.1, 0.15) is 11.3 Å². The number of nitrogens with zero attached hydrogens (tertiary/aromatic N) is 1. The van der Waals surface area contributed by atoms with Gasteiger partial charge >= 0.3 is 0 Å². The highest BCUT2D eigenvalue weighted by Crippen LogP contribution is 2.28. The third-order valence-electron chi connectivity index (χ3n) is 2.98. The molecule has 0 N–H and O–H groups in total. The molecule has 0 radical (unpaired) electrons. The monoisotopic (exact) mass is 283 g/mol. The van der Waals surface area contributed by atoms with Gasteiger partial charge in [0.05, 0.1) is 9.43 Å². The molecular formula is C15H9NO3S. The van der Waals surface area contributed by atoms with Gasteiger partial charge in [-0.3, -0.25) is 10.1 Å². The Bertz CT molecular complexity index is 870.